The summed E-state index contributed by atoms with van der Waals surface area (Å²) in [5, 5.41) is 9.80. The summed E-state index contributed by atoms with van der Waals surface area (Å²) >= 11 is 0. The monoisotopic (exact) mass is 566 g/mol. The second kappa shape index (κ2) is 12.5. The maximum absolute atomic E-state index is 13.6. The lowest BCUT2D eigenvalue weighted by Gasteiger charge is -2.37. The summed E-state index contributed by atoms with van der Waals surface area (Å²) in [6, 6.07) is 9.98. The number of benzene rings is 2. The number of fused-ring (bicyclic) bond motifs is 1. The molecule has 3 rings (SSSR count). The van der Waals surface area contributed by atoms with Crippen LogP contribution in [0.3, 0.4) is 0 Å². The quantitative estimate of drug-likeness (QED) is 0.480. The SMILES string of the molecule is COCC#Cc1ccc2c(c1)O[C@@H](CN(C)S(=O)(=O)c1cccc(OC)c1)[C@H](C)CN([C@H](C)CO)S2(=O)=O. The van der Waals surface area contributed by atoms with Gasteiger partial charge in [0.25, 0.3) is 0 Å². The third-order valence-corrected chi connectivity index (χ3v) is 10.1. The summed E-state index contributed by atoms with van der Waals surface area (Å²) in [4.78, 5) is -0.0163. The summed E-state index contributed by atoms with van der Waals surface area (Å²) in [5.74, 6) is 5.77. The molecule has 0 spiro atoms. The average Bonchev–Trinajstić information content (AvgIpc) is 2.90. The fourth-order valence-corrected chi connectivity index (χ4v) is 7.07. The van der Waals surface area contributed by atoms with Crippen molar-refractivity contribution in [3.8, 4) is 23.3 Å². The lowest BCUT2D eigenvalue weighted by molar-refractivity contribution is 0.0904. The second-order valence-corrected chi connectivity index (χ2v) is 13.0. The molecule has 0 amide bonds. The standard InChI is InChI=1S/C26H34N2O8S2/c1-19-16-28(20(2)18-29)38(32,33)26-12-11-21(8-7-13-34-4)14-24(26)36-25(19)17-27(3)37(30,31)23-10-6-9-22(15-23)35-5/h6,9-12,14-15,19-20,25,29H,13,16-18H2,1-5H3/t19-,20-,25+/m1/s1. The molecule has 10 nitrogen and oxygen atoms in total. The fraction of sp³-hybridized carbons (Fsp3) is 0.462. The second-order valence-electron chi connectivity index (χ2n) is 9.10. The van der Waals surface area contributed by atoms with Gasteiger partial charge in [0.15, 0.2) is 0 Å². The molecule has 0 radical (unpaired) electrons. The summed E-state index contributed by atoms with van der Waals surface area (Å²) in [5.41, 5.74) is 0.516. The van der Waals surface area contributed by atoms with E-state index in [-0.39, 0.29) is 41.8 Å². The Bertz CT molecular complexity index is 1400. The van der Waals surface area contributed by atoms with Crippen LogP contribution in [-0.2, 0) is 24.8 Å². The molecule has 0 aromatic heterocycles. The van der Waals surface area contributed by atoms with Gasteiger partial charge >= 0.3 is 0 Å². The van der Waals surface area contributed by atoms with Crippen molar-refractivity contribution in [1.29, 1.82) is 0 Å². The zero-order chi connectivity index (χ0) is 28.1. The van der Waals surface area contributed by atoms with Gasteiger partial charge in [-0.05, 0) is 37.3 Å². The number of rotatable bonds is 8. The highest BCUT2D eigenvalue weighted by Gasteiger charge is 2.39. The summed E-state index contributed by atoms with van der Waals surface area (Å²) in [6.45, 7) is 3.20. The van der Waals surface area contributed by atoms with Gasteiger partial charge in [0.2, 0.25) is 20.0 Å². The van der Waals surface area contributed by atoms with Crippen LogP contribution in [0.5, 0.6) is 11.5 Å². The van der Waals surface area contributed by atoms with Crippen LogP contribution < -0.4 is 9.47 Å². The van der Waals surface area contributed by atoms with Gasteiger partial charge in [0.1, 0.15) is 29.1 Å². The first-order chi connectivity index (χ1) is 17.9. The highest BCUT2D eigenvalue weighted by Crippen LogP contribution is 2.34. The number of aliphatic hydroxyl groups is 1. The third-order valence-electron chi connectivity index (χ3n) is 6.30. The van der Waals surface area contributed by atoms with E-state index < -0.39 is 38.1 Å². The largest absolute Gasteiger partial charge is 0.497 e. The fourth-order valence-electron chi connectivity index (χ4n) is 4.02. The Morgan fingerprint density at radius 1 is 1.24 bits per heavy atom. The minimum absolute atomic E-state index is 0.0244. The van der Waals surface area contributed by atoms with Crippen molar-refractivity contribution in [2.24, 2.45) is 5.92 Å². The Morgan fingerprint density at radius 3 is 2.63 bits per heavy atom. The van der Waals surface area contributed by atoms with E-state index in [4.69, 9.17) is 14.2 Å². The molecule has 1 heterocycles. The molecule has 208 valence electrons. The molecule has 12 heteroatoms. The number of ether oxygens (including phenoxy) is 3. The maximum atomic E-state index is 13.6. The zero-order valence-electron chi connectivity index (χ0n) is 22.1. The van der Waals surface area contributed by atoms with Crippen LogP contribution in [0.25, 0.3) is 0 Å². The molecule has 38 heavy (non-hydrogen) atoms. The van der Waals surface area contributed by atoms with Gasteiger partial charge in [-0.2, -0.15) is 8.61 Å². The summed E-state index contributed by atoms with van der Waals surface area (Å²) < 4.78 is 72.7. The molecule has 0 saturated heterocycles. The van der Waals surface area contributed by atoms with Crippen LogP contribution in [0.15, 0.2) is 52.3 Å². The van der Waals surface area contributed by atoms with E-state index in [0.29, 0.717) is 11.3 Å². The Balaban J connectivity index is 2.04. The molecule has 0 aliphatic carbocycles. The van der Waals surface area contributed by atoms with E-state index >= 15 is 0 Å². The molecule has 1 aliphatic heterocycles. The molecule has 2 aromatic carbocycles. The first kappa shape index (κ1) is 29.9. The number of hydrogen-bond donors (Lipinski definition) is 1. The van der Waals surface area contributed by atoms with Gasteiger partial charge in [-0.3, -0.25) is 0 Å². The highest BCUT2D eigenvalue weighted by atomic mass is 32.2. The first-order valence-corrected chi connectivity index (χ1v) is 14.8. The lowest BCUT2D eigenvalue weighted by atomic mass is 10.0. The van der Waals surface area contributed by atoms with Crippen LogP contribution in [0.4, 0.5) is 0 Å². The molecule has 3 atom stereocenters. The van der Waals surface area contributed by atoms with Gasteiger partial charge in [-0.25, -0.2) is 16.8 Å². The van der Waals surface area contributed by atoms with Crippen LogP contribution in [0, 0.1) is 17.8 Å². The van der Waals surface area contributed by atoms with Gasteiger partial charge in [-0.15, -0.1) is 0 Å². The first-order valence-electron chi connectivity index (χ1n) is 12.0. The van der Waals surface area contributed by atoms with Crippen molar-refractivity contribution in [3.63, 3.8) is 0 Å². The van der Waals surface area contributed by atoms with E-state index in [1.807, 2.05) is 0 Å². The molecule has 1 N–H and O–H groups in total. The molecular formula is C26H34N2O8S2. The molecule has 0 saturated carbocycles. The number of hydrogen-bond acceptors (Lipinski definition) is 8. The van der Waals surface area contributed by atoms with Crippen molar-refractivity contribution in [3.05, 3.63) is 48.0 Å². The van der Waals surface area contributed by atoms with Crippen LogP contribution in [0.2, 0.25) is 0 Å². The van der Waals surface area contributed by atoms with Gasteiger partial charge in [-0.1, -0.05) is 24.8 Å². The van der Waals surface area contributed by atoms with Crippen LogP contribution >= 0.6 is 0 Å². The Labute approximate surface area is 225 Å². The number of nitrogens with zero attached hydrogens (tertiary/aromatic N) is 2. The third kappa shape index (κ3) is 6.48. The average molecular weight is 567 g/mol. The van der Waals surface area contributed by atoms with Crippen LogP contribution in [0.1, 0.15) is 19.4 Å². The molecule has 1 aliphatic rings. The molecular weight excluding hydrogens is 532 g/mol. The predicted molar refractivity (Wildman–Crippen MR) is 142 cm³/mol. The minimum atomic E-state index is -4.03. The lowest BCUT2D eigenvalue weighted by Crippen LogP contribution is -2.50. The van der Waals surface area contributed by atoms with Gasteiger partial charge in [0, 0.05) is 44.3 Å². The Kier molecular flexibility index (Phi) is 9.80. The number of sulfonamides is 2. The number of aliphatic hydroxyl groups excluding tert-OH is 1. The molecule has 0 fully saturated rings. The van der Waals surface area contributed by atoms with Gasteiger partial charge < -0.3 is 19.3 Å². The van der Waals surface area contributed by atoms with Crippen LogP contribution in [-0.4, -0.2) is 90.3 Å². The van der Waals surface area contributed by atoms with Gasteiger partial charge in [0.05, 0.1) is 25.2 Å². The maximum Gasteiger partial charge on any atom is 0.247 e. The predicted octanol–water partition coefficient (Wildman–Crippen LogP) is 1.78. The van der Waals surface area contributed by atoms with E-state index in [1.54, 1.807) is 32.0 Å². The van der Waals surface area contributed by atoms with Crippen molar-refractivity contribution >= 4 is 20.0 Å². The van der Waals surface area contributed by atoms with E-state index in [9.17, 15) is 21.9 Å². The normalized spacial score (nSPS) is 20.3. The minimum Gasteiger partial charge on any atom is -0.497 e. The van der Waals surface area contributed by atoms with Crippen molar-refractivity contribution < 1.29 is 36.2 Å². The highest BCUT2D eigenvalue weighted by molar-refractivity contribution is 7.89. The summed E-state index contributed by atoms with van der Waals surface area (Å²) in [7, 11) is -3.52. The molecule has 0 bridgehead atoms. The van der Waals surface area contributed by atoms with E-state index in [2.05, 4.69) is 11.8 Å². The number of likely N-dealkylation sites (N-methyl/N-ethyl adjacent to an activating group) is 1. The van der Waals surface area contributed by atoms with Crippen molar-refractivity contribution in [2.75, 3.05) is 47.6 Å². The number of methoxy groups -OCH3 is 2. The van der Waals surface area contributed by atoms with E-state index in [1.165, 1.54) is 54.1 Å². The molecule has 2 aromatic rings. The summed E-state index contributed by atoms with van der Waals surface area (Å²) in [6.07, 6.45) is -0.717. The topological polar surface area (TPSA) is 123 Å². The van der Waals surface area contributed by atoms with E-state index in [0.717, 1.165) is 0 Å². The Morgan fingerprint density at radius 2 is 1.97 bits per heavy atom. The molecule has 0 unspecified atom stereocenters. The van der Waals surface area contributed by atoms with Crippen molar-refractivity contribution in [1.82, 2.24) is 8.61 Å². The zero-order valence-corrected chi connectivity index (χ0v) is 23.8. The smallest absolute Gasteiger partial charge is 0.247 e. The van der Waals surface area contributed by atoms with Crippen molar-refractivity contribution in [2.45, 2.75) is 35.8 Å². The Hall–Kier alpha value is -2.66.